The average molecular weight is 253 g/mol. The summed E-state index contributed by atoms with van der Waals surface area (Å²) in [6.07, 6.45) is 2.67. The zero-order valence-corrected chi connectivity index (χ0v) is 10.9. The van der Waals surface area contributed by atoms with Crippen molar-refractivity contribution >= 4 is 11.5 Å². The molecule has 1 aromatic rings. The molecule has 1 heterocycles. The molecule has 0 aliphatic heterocycles. The van der Waals surface area contributed by atoms with Gasteiger partial charge in [-0.2, -0.15) is 0 Å². The molecule has 0 aliphatic rings. The van der Waals surface area contributed by atoms with Crippen LogP contribution in [0.25, 0.3) is 0 Å². The number of nitrogens with zero attached hydrogens (tertiary/aromatic N) is 2. The normalized spacial score (nSPS) is 11.3. The standard InChI is InChI=1S/C12H19N3O3/c1-4-12(16,5-2)8-14-11-10(15(17)18)9(3)6-7-13-11/h6-7,16H,4-5,8H2,1-3H3,(H,13,14). The fraction of sp³-hybridized carbons (Fsp3) is 0.583. The van der Waals surface area contributed by atoms with Gasteiger partial charge in [-0.1, -0.05) is 13.8 Å². The molecule has 100 valence electrons. The highest BCUT2D eigenvalue weighted by atomic mass is 16.6. The second-order valence-electron chi connectivity index (χ2n) is 4.37. The first-order chi connectivity index (χ1) is 8.43. The van der Waals surface area contributed by atoms with Gasteiger partial charge in [-0.3, -0.25) is 10.1 Å². The first-order valence-corrected chi connectivity index (χ1v) is 5.99. The van der Waals surface area contributed by atoms with Gasteiger partial charge in [0.25, 0.3) is 0 Å². The average Bonchev–Trinajstić information content (AvgIpc) is 2.35. The highest BCUT2D eigenvalue weighted by Crippen LogP contribution is 2.26. The largest absolute Gasteiger partial charge is 0.388 e. The first-order valence-electron chi connectivity index (χ1n) is 5.99. The summed E-state index contributed by atoms with van der Waals surface area (Å²) in [5.41, 5.74) is -0.347. The summed E-state index contributed by atoms with van der Waals surface area (Å²) in [5, 5.41) is 24.0. The number of hydrogen-bond donors (Lipinski definition) is 2. The number of aromatic nitrogens is 1. The predicted octanol–water partition coefficient (Wildman–Crippen LogP) is 2.26. The van der Waals surface area contributed by atoms with Crippen LogP contribution in [0.5, 0.6) is 0 Å². The van der Waals surface area contributed by atoms with Crippen LogP contribution in [0.4, 0.5) is 11.5 Å². The second kappa shape index (κ2) is 5.77. The molecular weight excluding hydrogens is 234 g/mol. The van der Waals surface area contributed by atoms with Gasteiger partial charge in [0, 0.05) is 18.3 Å². The summed E-state index contributed by atoms with van der Waals surface area (Å²) < 4.78 is 0. The van der Waals surface area contributed by atoms with Gasteiger partial charge in [0.2, 0.25) is 5.82 Å². The van der Waals surface area contributed by atoms with E-state index in [0.29, 0.717) is 18.4 Å². The molecule has 0 amide bonds. The van der Waals surface area contributed by atoms with Crippen LogP contribution in [0.2, 0.25) is 0 Å². The molecule has 2 N–H and O–H groups in total. The molecule has 1 rings (SSSR count). The Labute approximate surface area is 106 Å². The first kappa shape index (κ1) is 14.4. The third-order valence-corrected chi connectivity index (χ3v) is 3.21. The van der Waals surface area contributed by atoms with E-state index in [1.807, 2.05) is 13.8 Å². The van der Waals surface area contributed by atoms with Gasteiger partial charge in [0.1, 0.15) is 0 Å². The van der Waals surface area contributed by atoms with Gasteiger partial charge < -0.3 is 10.4 Å². The van der Waals surface area contributed by atoms with E-state index < -0.39 is 10.5 Å². The number of nitro groups is 1. The Hall–Kier alpha value is -1.69. The fourth-order valence-corrected chi connectivity index (χ4v) is 1.66. The third-order valence-electron chi connectivity index (χ3n) is 3.21. The van der Waals surface area contributed by atoms with Crippen LogP contribution in [-0.2, 0) is 0 Å². The maximum Gasteiger partial charge on any atom is 0.314 e. The number of nitrogens with one attached hydrogen (secondary N) is 1. The number of pyridine rings is 1. The molecule has 0 bridgehead atoms. The summed E-state index contributed by atoms with van der Waals surface area (Å²) in [6, 6.07) is 1.59. The molecule has 0 aromatic carbocycles. The van der Waals surface area contributed by atoms with Crippen LogP contribution in [-0.4, -0.2) is 27.2 Å². The van der Waals surface area contributed by atoms with Crippen LogP contribution >= 0.6 is 0 Å². The Balaban J connectivity index is 2.92. The van der Waals surface area contributed by atoms with Crippen molar-refractivity contribution in [3.8, 4) is 0 Å². The Bertz CT molecular complexity index is 431. The Morgan fingerprint density at radius 3 is 2.61 bits per heavy atom. The lowest BCUT2D eigenvalue weighted by atomic mass is 9.97. The Kier molecular flexibility index (Phi) is 4.61. The Morgan fingerprint density at radius 2 is 2.11 bits per heavy atom. The van der Waals surface area contributed by atoms with Crippen molar-refractivity contribution < 1.29 is 10.0 Å². The molecule has 0 aliphatic carbocycles. The number of rotatable bonds is 6. The van der Waals surface area contributed by atoms with E-state index in [2.05, 4.69) is 10.3 Å². The number of aryl methyl sites for hydroxylation is 1. The maximum atomic E-state index is 11.0. The van der Waals surface area contributed by atoms with E-state index >= 15 is 0 Å². The van der Waals surface area contributed by atoms with Crippen molar-refractivity contribution in [3.63, 3.8) is 0 Å². The lowest BCUT2D eigenvalue weighted by Crippen LogP contribution is -2.35. The molecule has 0 atom stereocenters. The topological polar surface area (TPSA) is 88.3 Å². The van der Waals surface area contributed by atoms with Gasteiger partial charge in [0.05, 0.1) is 10.5 Å². The zero-order valence-electron chi connectivity index (χ0n) is 10.9. The van der Waals surface area contributed by atoms with Crippen molar-refractivity contribution in [2.75, 3.05) is 11.9 Å². The monoisotopic (exact) mass is 253 g/mol. The van der Waals surface area contributed by atoms with Crippen molar-refractivity contribution in [3.05, 3.63) is 27.9 Å². The van der Waals surface area contributed by atoms with Crippen LogP contribution in [0, 0.1) is 17.0 Å². The van der Waals surface area contributed by atoms with E-state index in [9.17, 15) is 15.2 Å². The minimum Gasteiger partial charge on any atom is -0.388 e. The molecule has 18 heavy (non-hydrogen) atoms. The molecule has 0 saturated heterocycles. The van der Waals surface area contributed by atoms with Gasteiger partial charge >= 0.3 is 5.69 Å². The van der Waals surface area contributed by atoms with Gasteiger partial charge in [-0.05, 0) is 25.8 Å². The van der Waals surface area contributed by atoms with E-state index in [1.165, 1.54) is 6.20 Å². The van der Waals surface area contributed by atoms with E-state index in [1.54, 1.807) is 13.0 Å². The van der Waals surface area contributed by atoms with Crippen LogP contribution in [0.1, 0.15) is 32.3 Å². The molecule has 0 unspecified atom stereocenters. The van der Waals surface area contributed by atoms with Crippen molar-refractivity contribution in [1.82, 2.24) is 4.98 Å². The lowest BCUT2D eigenvalue weighted by molar-refractivity contribution is -0.384. The minimum atomic E-state index is -0.862. The van der Waals surface area contributed by atoms with Crippen molar-refractivity contribution in [2.45, 2.75) is 39.2 Å². The second-order valence-corrected chi connectivity index (χ2v) is 4.37. The van der Waals surface area contributed by atoms with Gasteiger partial charge in [0.15, 0.2) is 0 Å². The van der Waals surface area contributed by atoms with Crippen molar-refractivity contribution in [2.24, 2.45) is 0 Å². The molecule has 6 heteroatoms. The van der Waals surface area contributed by atoms with Crippen LogP contribution in [0.15, 0.2) is 12.3 Å². The number of hydrogen-bond acceptors (Lipinski definition) is 5. The summed E-state index contributed by atoms with van der Waals surface area (Å²) in [6.45, 7) is 5.67. The van der Waals surface area contributed by atoms with Crippen LogP contribution < -0.4 is 5.32 Å². The quantitative estimate of drug-likeness (QED) is 0.599. The van der Waals surface area contributed by atoms with Gasteiger partial charge in [-0.25, -0.2) is 4.98 Å². The van der Waals surface area contributed by atoms with Crippen LogP contribution in [0.3, 0.4) is 0 Å². The minimum absolute atomic E-state index is 0.0351. The zero-order chi connectivity index (χ0) is 13.8. The summed E-state index contributed by atoms with van der Waals surface area (Å²) in [4.78, 5) is 14.5. The molecule has 0 spiro atoms. The molecule has 0 radical (unpaired) electrons. The maximum absolute atomic E-state index is 11.0. The van der Waals surface area contributed by atoms with E-state index in [0.717, 1.165) is 0 Å². The summed E-state index contributed by atoms with van der Waals surface area (Å²) in [5.74, 6) is 0.209. The highest BCUT2D eigenvalue weighted by molar-refractivity contribution is 5.59. The van der Waals surface area contributed by atoms with E-state index in [-0.39, 0.29) is 18.1 Å². The van der Waals surface area contributed by atoms with E-state index in [4.69, 9.17) is 0 Å². The molecular formula is C12H19N3O3. The highest BCUT2D eigenvalue weighted by Gasteiger charge is 2.25. The molecule has 0 fully saturated rings. The molecule has 1 aromatic heterocycles. The molecule has 0 saturated carbocycles. The Morgan fingerprint density at radius 1 is 1.50 bits per heavy atom. The lowest BCUT2D eigenvalue weighted by Gasteiger charge is -2.25. The molecule has 6 nitrogen and oxygen atoms in total. The smallest absolute Gasteiger partial charge is 0.314 e. The number of aliphatic hydroxyl groups is 1. The summed E-state index contributed by atoms with van der Waals surface area (Å²) in [7, 11) is 0. The fourth-order valence-electron chi connectivity index (χ4n) is 1.66. The number of anilines is 1. The SMILES string of the molecule is CCC(O)(CC)CNc1nccc(C)c1[N+](=O)[O-]. The third kappa shape index (κ3) is 3.16. The predicted molar refractivity (Wildman–Crippen MR) is 69.6 cm³/mol. The van der Waals surface area contributed by atoms with Gasteiger partial charge in [-0.15, -0.1) is 0 Å². The van der Waals surface area contributed by atoms with Crippen molar-refractivity contribution in [1.29, 1.82) is 0 Å². The summed E-state index contributed by atoms with van der Waals surface area (Å²) >= 11 is 0.